The molecule has 1 rings (SSSR count). The van der Waals surface area contributed by atoms with Crippen LogP contribution in [0.3, 0.4) is 0 Å². The lowest BCUT2D eigenvalue weighted by Crippen LogP contribution is -2.31. The Morgan fingerprint density at radius 3 is 2.29 bits per heavy atom. The molecule has 6 atom stereocenters. The first-order chi connectivity index (χ1) is 10.8. The molecule has 2 N–H and O–H groups in total. The van der Waals surface area contributed by atoms with Gasteiger partial charge in [-0.25, -0.2) is 0 Å². The molecule has 11 heteroatoms. The molecule has 1 aliphatic rings. The second kappa shape index (κ2) is 8.42. The van der Waals surface area contributed by atoms with E-state index >= 15 is 0 Å². The van der Waals surface area contributed by atoms with Gasteiger partial charge in [-0.1, -0.05) is 6.08 Å². The second-order valence-electron chi connectivity index (χ2n) is 6.91. The molecule has 1 aliphatic carbocycles. The van der Waals surface area contributed by atoms with Crippen molar-refractivity contribution in [3.8, 4) is 0 Å². The van der Waals surface area contributed by atoms with Gasteiger partial charge in [0.05, 0.1) is 17.8 Å². The Morgan fingerprint density at radius 1 is 1.25 bits per heavy atom. The number of hydrogen-bond acceptors (Lipinski definition) is 6. The van der Waals surface area contributed by atoms with Gasteiger partial charge in [0.15, 0.2) is 0 Å². The zero-order chi connectivity index (χ0) is 18.8. The average molecular weight is 400 g/mol. The molecule has 2 unspecified atom stereocenters. The molecule has 0 aliphatic heterocycles. The van der Waals surface area contributed by atoms with Gasteiger partial charge in [-0.2, -0.15) is 0 Å². The van der Waals surface area contributed by atoms with Gasteiger partial charge in [-0.05, 0) is 44.8 Å². The molecule has 0 heterocycles. The minimum absolute atomic E-state index is 0.0308. The monoisotopic (exact) mass is 400 g/mol. The molecule has 1 fully saturated rings. The third-order valence-corrected chi connectivity index (χ3v) is 6.49. The summed E-state index contributed by atoms with van der Waals surface area (Å²) in [7, 11) is 0.917. The van der Waals surface area contributed by atoms with Crippen LogP contribution >= 0.6 is 14.3 Å². The zero-order valence-corrected chi connectivity index (χ0v) is 17.5. The summed E-state index contributed by atoms with van der Waals surface area (Å²) in [6.45, 7) is 1.92. The summed E-state index contributed by atoms with van der Waals surface area (Å²) in [5.74, 6) is 1.03. The first-order valence-corrected chi connectivity index (χ1v) is 11.9. The third-order valence-electron chi connectivity index (χ3n) is 3.65. The summed E-state index contributed by atoms with van der Waals surface area (Å²) < 4.78 is 32.8. The molecule has 0 aromatic rings. The second-order valence-corrected chi connectivity index (χ2v) is 11.4. The van der Waals surface area contributed by atoms with Crippen LogP contribution < -0.4 is 0 Å². The zero-order valence-electron chi connectivity index (χ0n) is 14.9. The van der Waals surface area contributed by atoms with E-state index in [1.165, 1.54) is 14.2 Å². The van der Waals surface area contributed by atoms with Crippen molar-refractivity contribution in [2.75, 3.05) is 14.2 Å². The molecular weight excluding hydrogens is 373 g/mol. The number of hydrogen-bond donors (Lipinski definition) is 2. The Balaban J connectivity index is 2.89. The van der Waals surface area contributed by atoms with Crippen LogP contribution in [0, 0.1) is 5.92 Å². The summed E-state index contributed by atoms with van der Waals surface area (Å²) in [5.41, 5.74) is -0.629. The Morgan fingerprint density at radius 2 is 1.83 bits per heavy atom. The van der Waals surface area contributed by atoms with E-state index in [1.807, 2.05) is 7.85 Å². The van der Waals surface area contributed by atoms with Crippen molar-refractivity contribution < 1.29 is 32.7 Å². The highest BCUT2D eigenvalue weighted by Crippen LogP contribution is 2.54. The van der Waals surface area contributed by atoms with Crippen molar-refractivity contribution >= 4 is 34.0 Å². The van der Waals surface area contributed by atoms with Crippen LogP contribution in [0.15, 0.2) is 11.9 Å². The summed E-state index contributed by atoms with van der Waals surface area (Å²) in [5, 5.41) is 0. The van der Waals surface area contributed by atoms with Crippen LogP contribution in [0.25, 0.3) is 0 Å². The van der Waals surface area contributed by atoms with Crippen LogP contribution in [-0.2, 0) is 34.7 Å². The van der Waals surface area contributed by atoms with Crippen molar-refractivity contribution in [1.29, 1.82) is 0 Å². The highest BCUT2D eigenvalue weighted by Gasteiger charge is 2.44. The van der Waals surface area contributed by atoms with Crippen LogP contribution in [0.5, 0.6) is 0 Å². The van der Waals surface area contributed by atoms with Crippen LogP contribution in [0.4, 0.5) is 0 Å². The number of methoxy groups -OCH3 is 1. The first kappa shape index (κ1) is 22.5. The van der Waals surface area contributed by atoms with E-state index < -0.39 is 32.1 Å². The molecule has 140 valence electrons. The minimum atomic E-state index is -3.74. The summed E-state index contributed by atoms with van der Waals surface area (Å²) in [4.78, 5) is 19.8. The van der Waals surface area contributed by atoms with E-state index in [9.17, 15) is 14.4 Å². The molecular formula is C13H27BO7P2S. The van der Waals surface area contributed by atoms with Crippen molar-refractivity contribution in [3.63, 3.8) is 0 Å². The van der Waals surface area contributed by atoms with Crippen molar-refractivity contribution in [3.05, 3.63) is 11.9 Å². The lowest BCUT2D eigenvalue weighted by Gasteiger charge is -2.31. The molecule has 0 saturated heterocycles. The lowest BCUT2D eigenvalue weighted by molar-refractivity contribution is -0.00962. The fourth-order valence-electron chi connectivity index (χ4n) is 2.73. The largest absolute Gasteiger partial charge is 0.378 e. The van der Waals surface area contributed by atoms with E-state index in [2.05, 4.69) is 4.52 Å². The lowest BCUT2D eigenvalue weighted by atomic mass is 9.84. The van der Waals surface area contributed by atoms with Gasteiger partial charge in [0, 0.05) is 26.0 Å². The van der Waals surface area contributed by atoms with E-state index in [1.54, 1.807) is 26.8 Å². The average Bonchev–Trinajstić information content (AvgIpc) is 2.69. The van der Waals surface area contributed by atoms with Crippen LogP contribution in [-0.4, -0.2) is 49.7 Å². The highest BCUT2D eigenvalue weighted by molar-refractivity contribution is 8.07. The summed E-state index contributed by atoms with van der Waals surface area (Å²) >= 11 is 5.11. The summed E-state index contributed by atoms with van der Waals surface area (Å²) in [6, 6.07) is 0. The fourth-order valence-corrected chi connectivity index (χ4v) is 5.63. The SMILES string of the molecule is B[C@@H]1C[C@H](/C=C/P(=O)(O)OC)[C@@H](OC)[C@H]1OP(O)(=S)OC(C)(C)C. The molecule has 0 amide bonds. The molecule has 0 bridgehead atoms. The summed E-state index contributed by atoms with van der Waals surface area (Å²) in [6.07, 6.45) is 1.38. The Bertz CT molecular complexity index is 551. The van der Waals surface area contributed by atoms with Crippen LogP contribution in [0.1, 0.15) is 27.2 Å². The predicted octanol–water partition coefficient (Wildman–Crippen LogP) is 2.21. The van der Waals surface area contributed by atoms with Gasteiger partial charge >= 0.3 is 14.3 Å². The fraction of sp³-hybridized carbons (Fsp3) is 0.846. The van der Waals surface area contributed by atoms with E-state index in [4.69, 9.17) is 25.6 Å². The van der Waals surface area contributed by atoms with Gasteiger partial charge in [-0.15, -0.1) is 0 Å². The first-order valence-electron chi connectivity index (χ1n) is 7.62. The van der Waals surface area contributed by atoms with E-state index in [0.29, 0.717) is 6.42 Å². The quantitative estimate of drug-likeness (QED) is 0.496. The van der Waals surface area contributed by atoms with Gasteiger partial charge < -0.3 is 28.1 Å². The normalized spacial score (nSPS) is 33.5. The molecule has 1 saturated carbocycles. The molecule has 0 aromatic heterocycles. The van der Waals surface area contributed by atoms with E-state index in [-0.39, 0.29) is 11.7 Å². The van der Waals surface area contributed by atoms with Gasteiger partial charge in [0.2, 0.25) is 0 Å². The topological polar surface area (TPSA) is 94.5 Å². The highest BCUT2D eigenvalue weighted by atomic mass is 32.5. The molecule has 0 radical (unpaired) electrons. The maximum atomic E-state index is 11.6. The van der Waals surface area contributed by atoms with Crippen molar-refractivity contribution in [2.45, 2.75) is 50.8 Å². The number of rotatable bonds is 7. The smallest absolute Gasteiger partial charge is 0.351 e. The van der Waals surface area contributed by atoms with Gasteiger partial charge in [-0.3, -0.25) is 4.57 Å². The Kier molecular flexibility index (Phi) is 7.89. The predicted molar refractivity (Wildman–Crippen MR) is 99.4 cm³/mol. The maximum absolute atomic E-state index is 11.6. The third kappa shape index (κ3) is 6.98. The molecule has 7 nitrogen and oxygen atoms in total. The molecule has 0 aromatic carbocycles. The Labute approximate surface area is 149 Å². The maximum Gasteiger partial charge on any atom is 0.351 e. The van der Waals surface area contributed by atoms with E-state index in [0.717, 1.165) is 5.82 Å². The molecule has 0 spiro atoms. The van der Waals surface area contributed by atoms with Gasteiger partial charge in [0.1, 0.15) is 7.85 Å². The van der Waals surface area contributed by atoms with Gasteiger partial charge in [0.25, 0.3) is 0 Å². The minimum Gasteiger partial charge on any atom is -0.378 e. The van der Waals surface area contributed by atoms with Crippen molar-refractivity contribution in [1.82, 2.24) is 0 Å². The van der Waals surface area contributed by atoms with Crippen LogP contribution in [0.2, 0.25) is 5.82 Å². The Hall–Kier alpha value is 0.445. The van der Waals surface area contributed by atoms with Crippen molar-refractivity contribution in [2.24, 2.45) is 5.92 Å². The molecule has 24 heavy (non-hydrogen) atoms. The number of ether oxygens (including phenoxy) is 1. The standard InChI is InChI=1S/C13H27BO7P2S/c1-13(2,3)21-23(17,24)20-12-10(14)8-9(11(12)18-4)6-7-22(15,16)19-5/h6-7,9-12H,8,14H2,1-5H3,(H,15,16)(H,17,24)/b7-6+/t9-,10+,11+,12-,23?/m0/s1.